The molecular weight excluding hydrogens is 288 g/mol. The number of halogens is 1. The molecule has 0 fully saturated rings. The van der Waals surface area contributed by atoms with Gasteiger partial charge in [-0.25, -0.2) is 0 Å². The van der Waals surface area contributed by atoms with E-state index in [-0.39, 0.29) is 11.7 Å². The minimum atomic E-state index is -0.429. The SMILES string of the molecule is CCc1ccc(C(C)Nc2c(Cl)cccc2[N+](=O)[O-])cc1. The highest BCUT2D eigenvalue weighted by Crippen LogP contribution is 2.34. The van der Waals surface area contributed by atoms with Gasteiger partial charge in [0, 0.05) is 12.1 Å². The van der Waals surface area contributed by atoms with Gasteiger partial charge in [0.2, 0.25) is 0 Å². The highest BCUT2D eigenvalue weighted by Gasteiger charge is 2.18. The molecule has 110 valence electrons. The molecule has 0 bridgehead atoms. The lowest BCUT2D eigenvalue weighted by Crippen LogP contribution is -2.09. The van der Waals surface area contributed by atoms with E-state index in [9.17, 15) is 10.1 Å². The quantitative estimate of drug-likeness (QED) is 0.626. The van der Waals surface area contributed by atoms with Crippen LogP contribution in [0, 0.1) is 10.1 Å². The van der Waals surface area contributed by atoms with Crippen molar-refractivity contribution in [3.05, 3.63) is 68.7 Å². The van der Waals surface area contributed by atoms with E-state index < -0.39 is 4.92 Å². The average molecular weight is 305 g/mol. The summed E-state index contributed by atoms with van der Waals surface area (Å²) in [5, 5.41) is 14.6. The van der Waals surface area contributed by atoms with Gasteiger partial charge in [-0.1, -0.05) is 48.9 Å². The molecule has 4 nitrogen and oxygen atoms in total. The zero-order valence-corrected chi connectivity index (χ0v) is 12.7. The van der Waals surface area contributed by atoms with E-state index >= 15 is 0 Å². The van der Waals surface area contributed by atoms with E-state index in [1.54, 1.807) is 12.1 Å². The number of hydrogen-bond acceptors (Lipinski definition) is 3. The number of aryl methyl sites for hydroxylation is 1. The predicted molar refractivity (Wildman–Crippen MR) is 86.0 cm³/mol. The number of rotatable bonds is 5. The molecule has 2 aromatic rings. The first-order chi connectivity index (χ1) is 10.0. The largest absolute Gasteiger partial charge is 0.372 e. The van der Waals surface area contributed by atoms with Gasteiger partial charge < -0.3 is 5.32 Å². The molecule has 2 aromatic carbocycles. The number of nitro groups is 1. The van der Waals surface area contributed by atoms with Crippen LogP contribution in [0.4, 0.5) is 11.4 Å². The van der Waals surface area contributed by atoms with Gasteiger partial charge in [0.1, 0.15) is 5.69 Å². The Bertz CT molecular complexity index is 641. The lowest BCUT2D eigenvalue weighted by Gasteiger charge is -2.17. The minimum absolute atomic E-state index is 0.0143. The first-order valence-corrected chi connectivity index (χ1v) is 7.19. The average Bonchev–Trinajstić information content (AvgIpc) is 2.49. The number of benzene rings is 2. The molecule has 0 saturated heterocycles. The molecule has 5 heteroatoms. The Morgan fingerprint density at radius 3 is 2.48 bits per heavy atom. The van der Waals surface area contributed by atoms with E-state index in [2.05, 4.69) is 24.4 Å². The van der Waals surface area contributed by atoms with Gasteiger partial charge in [0.15, 0.2) is 0 Å². The second-order valence-corrected chi connectivity index (χ2v) is 5.26. The Morgan fingerprint density at radius 1 is 1.24 bits per heavy atom. The van der Waals surface area contributed by atoms with Crippen molar-refractivity contribution in [1.82, 2.24) is 0 Å². The Labute approximate surface area is 128 Å². The van der Waals surface area contributed by atoms with Crippen molar-refractivity contribution in [3.63, 3.8) is 0 Å². The van der Waals surface area contributed by atoms with Gasteiger partial charge in [0.05, 0.1) is 9.95 Å². The molecule has 2 rings (SSSR count). The molecule has 1 unspecified atom stereocenters. The number of nitro benzene ring substituents is 1. The van der Waals surface area contributed by atoms with Crippen molar-refractivity contribution in [2.75, 3.05) is 5.32 Å². The molecule has 0 spiro atoms. The highest BCUT2D eigenvalue weighted by molar-refractivity contribution is 6.33. The van der Waals surface area contributed by atoms with Crippen molar-refractivity contribution in [1.29, 1.82) is 0 Å². The van der Waals surface area contributed by atoms with E-state index in [1.165, 1.54) is 11.6 Å². The maximum atomic E-state index is 11.1. The van der Waals surface area contributed by atoms with Crippen LogP contribution in [0.1, 0.15) is 31.0 Å². The number of nitrogens with zero attached hydrogens (tertiary/aromatic N) is 1. The van der Waals surface area contributed by atoms with Gasteiger partial charge in [-0.15, -0.1) is 0 Å². The van der Waals surface area contributed by atoms with Crippen LogP contribution in [0.15, 0.2) is 42.5 Å². The Hall–Kier alpha value is -2.07. The summed E-state index contributed by atoms with van der Waals surface area (Å²) >= 11 is 6.09. The minimum Gasteiger partial charge on any atom is -0.372 e. The Balaban J connectivity index is 2.26. The van der Waals surface area contributed by atoms with Crippen molar-refractivity contribution in [2.24, 2.45) is 0 Å². The smallest absolute Gasteiger partial charge is 0.293 e. The molecule has 0 saturated carbocycles. The predicted octanol–water partition coefficient (Wildman–Crippen LogP) is 4.98. The molecule has 0 amide bonds. The van der Waals surface area contributed by atoms with Gasteiger partial charge in [-0.2, -0.15) is 0 Å². The summed E-state index contributed by atoms with van der Waals surface area (Å²) < 4.78 is 0. The van der Waals surface area contributed by atoms with Crippen molar-refractivity contribution < 1.29 is 4.92 Å². The van der Waals surface area contributed by atoms with Crippen LogP contribution in [0.3, 0.4) is 0 Å². The van der Waals surface area contributed by atoms with Crippen LogP contribution in [-0.4, -0.2) is 4.92 Å². The Kier molecular flexibility index (Phi) is 4.81. The maximum Gasteiger partial charge on any atom is 0.293 e. The van der Waals surface area contributed by atoms with Crippen molar-refractivity contribution >= 4 is 23.0 Å². The third-order valence-corrected chi connectivity index (χ3v) is 3.75. The summed E-state index contributed by atoms with van der Waals surface area (Å²) in [6.07, 6.45) is 0.984. The van der Waals surface area contributed by atoms with E-state index in [1.807, 2.05) is 19.1 Å². The molecule has 21 heavy (non-hydrogen) atoms. The second kappa shape index (κ2) is 6.59. The van der Waals surface area contributed by atoms with Gasteiger partial charge >= 0.3 is 0 Å². The molecule has 0 aromatic heterocycles. The summed E-state index contributed by atoms with van der Waals surface area (Å²) in [4.78, 5) is 10.7. The number of hydrogen-bond donors (Lipinski definition) is 1. The summed E-state index contributed by atoms with van der Waals surface area (Å²) in [6, 6.07) is 12.8. The van der Waals surface area contributed by atoms with Crippen LogP contribution in [0.25, 0.3) is 0 Å². The molecule has 0 heterocycles. The first-order valence-electron chi connectivity index (χ1n) is 6.81. The molecule has 0 aliphatic rings. The summed E-state index contributed by atoms with van der Waals surface area (Å²) in [7, 11) is 0. The normalized spacial score (nSPS) is 12.0. The zero-order chi connectivity index (χ0) is 15.4. The molecule has 0 aliphatic heterocycles. The van der Waals surface area contributed by atoms with Gasteiger partial charge in [-0.3, -0.25) is 10.1 Å². The lowest BCUT2D eigenvalue weighted by molar-refractivity contribution is -0.384. The van der Waals surface area contributed by atoms with Crippen LogP contribution in [0.5, 0.6) is 0 Å². The fourth-order valence-corrected chi connectivity index (χ4v) is 2.37. The third kappa shape index (κ3) is 3.52. The molecule has 1 N–H and O–H groups in total. The number of anilines is 1. The fourth-order valence-electron chi connectivity index (χ4n) is 2.15. The summed E-state index contributed by atoms with van der Waals surface area (Å²) in [6.45, 7) is 4.05. The topological polar surface area (TPSA) is 55.2 Å². The fraction of sp³-hybridized carbons (Fsp3) is 0.250. The van der Waals surface area contributed by atoms with Crippen molar-refractivity contribution in [2.45, 2.75) is 26.3 Å². The zero-order valence-electron chi connectivity index (χ0n) is 12.0. The van der Waals surface area contributed by atoms with Crippen molar-refractivity contribution in [3.8, 4) is 0 Å². The van der Waals surface area contributed by atoms with E-state index in [0.717, 1.165) is 12.0 Å². The monoisotopic (exact) mass is 304 g/mol. The van der Waals surface area contributed by atoms with Gasteiger partial charge in [-0.05, 0) is 30.5 Å². The number of para-hydroxylation sites is 1. The lowest BCUT2D eigenvalue weighted by atomic mass is 10.0. The number of nitrogens with one attached hydrogen (secondary N) is 1. The maximum absolute atomic E-state index is 11.1. The third-order valence-electron chi connectivity index (χ3n) is 3.44. The highest BCUT2D eigenvalue weighted by atomic mass is 35.5. The summed E-state index contributed by atoms with van der Waals surface area (Å²) in [5.41, 5.74) is 2.66. The second-order valence-electron chi connectivity index (χ2n) is 4.85. The van der Waals surface area contributed by atoms with Crippen LogP contribution in [0.2, 0.25) is 5.02 Å². The Morgan fingerprint density at radius 2 is 1.90 bits per heavy atom. The molecule has 0 aliphatic carbocycles. The molecular formula is C16H17ClN2O2. The molecule has 1 atom stereocenters. The standard InChI is InChI=1S/C16H17ClN2O2/c1-3-12-7-9-13(10-8-12)11(2)18-16-14(17)5-4-6-15(16)19(20)21/h4-11,18H,3H2,1-2H3. The van der Waals surface area contributed by atoms with E-state index in [0.29, 0.717) is 10.7 Å². The molecule has 0 radical (unpaired) electrons. The van der Waals surface area contributed by atoms with Crippen LogP contribution in [-0.2, 0) is 6.42 Å². The van der Waals surface area contributed by atoms with Gasteiger partial charge in [0.25, 0.3) is 5.69 Å². The first kappa shape index (κ1) is 15.3. The van der Waals surface area contributed by atoms with Crippen LogP contribution < -0.4 is 5.32 Å². The van der Waals surface area contributed by atoms with Crippen LogP contribution >= 0.6 is 11.6 Å². The summed E-state index contributed by atoms with van der Waals surface area (Å²) in [5.74, 6) is 0. The van der Waals surface area contributed by atoms with E-state index in [4.69, 9.17) is 11.6 Å².